The second kappa shape index (κ2) is 9.74. The first-order valence-corrected chi connectivity index (χ1v) is 15.7. The van der Waals surface area contributed by atoms with Crippen molar-refractivity contribution >= 4 is 34.0 Å². The van der Waals surface area contributed by atoms with E-state index >= 15 is 0 Å². The van der Waals surface area contributed by atoms with Gasteiger partial charge >= 0.3 is 0 Å². The molecule has 0 bridgehead atoms. The fourth-order valence-corrected chi connectivity index (χ4v) is 7.41. The zero-order valence-electron chi connectivity index (χ0n) is 25.6. The minimum Gasteiger partial charge on any atom is -0.313 e. The number of hydrogen-bond donors (Lipinski definition) is 0. The maximum Gasteiger partial charge on any atom is 0.0537 e. The summed E-state index contributed by atoms with van der Waals surface area (Å²) < 4.78 is 5.01. The van der Waals surface area contributed by atoms with Crippen molar-refractivity contribution in [2.75, 3.05) is 0 Å². The quantitative estimate of drug-likeness (QED) is 0.204. The van der Waals surface area contributed by atoms with Gasteiger partial charge in [0.2, 0.25) is 0 Å². The van der Waals surface area contributed by atoms with E-state index < -0.39 is 0 Å². The van der Waals surface area contributed by atoms with Gasteiger partial charge in [0.25, 0.3) is 0 Å². The summed E-state index contributed by atoms with van der Waals surface area (Å²) in [5.41, 5.74) is 16.4. The van der Waals surface area contributed by atoms with Crippen LogP contribution in [0.4, 0.5) is 0 Å². The molecule has 0 saturated heterocycles. The number of allylic oxidation sites excluding steroid dienone is 2. The molecule has 43 heavy (non-hydrogen) atoms. The highest BCUT2D eigenvalue weighted by molar-refractivity contribution is 5.95. The Kier molecular flexibility index (Phi) is 5.91. The molecule has 0 N–H and O–H groups in total. The molecule has 0 saturated carbocycles. The van der Waals surface area contributed by atoms with Crippen LogP contribution >= 0.6 is 0 Å². The zero-order chi connectivity index (χ0) is 29.3. The Hall–Kier alpha value is -4.56. The second-order valence-corrected chi connectivity index (χ2v) is 13.4. The average molecular weight is 559 g/mol. The van der Waals surface area contributed by atoms with Gasteiger partial charge in [0.15, 0.2) is 0 Å². The molecular formula is C41H38N2. The molecule has 0 radical (unpaired) electrons. The van der Waals surface area contributed by atoms with Gasteiger partial charge in [-0.15, -0.1) is 0 Å². The van der Waals surface area contributed by atoms with Crippen molar-refractivity contribution in [2.45, 2.75) is 53.4 Å². The van der Waals surface area contributed by atoms with E-state index in [1.807, 2.05) is 0 Å². The third-order valence-corrected chi connectivity index (χ3v) is 9.63. The molecule has 0 unspecified atom stereocenters. The third kappa shape index (κ3) is 4.23. The van der Waals surface area contributed by atoms with E-state index in [0.717, 1.165) is 25.7 Å². The Morgan fingerprint density at radius 1 is 0.535 bits per heavy atom. The molecule has 6 aromatic rings. The summed E-state index contributed by atoms with van der Waals surface area (Å²) in [5, 5.41) is 2.69. The molecular weight excluding hydrogens is 520 g/mol. The summed E-state index contributed by atoms with van der Waals surface area (Å²) in [6.45, 7) is 9.27. The van der Waals surface area contributed by atoms with E-state index in [1.165, 1.54) is 72.4 Å². The van der Waals surface area contributed by atoms with Gasteiger partial charge in [0, 0.05) is 44.7 Å². The van der Waals surface area contributed by atoms with Crippen molar-refractivity contribution in [1.82, 2.24) is 9.13 Å². The zero-order valence-corrected chi connectivity index (χ0v) is 25.6. The molecule has 0 aliphatic heterocycles. The van der Waals surface area contributed by atoms with Crippen LogP contribution < -0.4 is 0 Å². The first-order chi connectivity index (χ1) is 20.9. The monoisotopic (exact) mass is 558 g/mol. The SMILES string of the molecule is CC1=Cc2c(n(-c3cccc(-c4cccc(-n5c6c(c7ccccc75)C=C(C(C)(C)C)CC6)c4)c3)c3ccccc23)CC1. The van der Waals surface area contributed by atoms with Crippen LogP contribution in [0.2, 0.25) is 0 Å². The van der Waals surface area contributed by atoms with Gasteiger partial charge < -0.3 is 9.13 Å². The van der Waals surface area contributed by atoms with Crippen molar-refractivity contribution < 1.29 is 0 Å². The smallest absolute Gasteiger partial charge is 0.0537 e. The van der Waals surface area contributed by atoms with Crippen molar-refractivity contribution in [3.63, 3.8) is 0 Å². The maximum absolute atomic E-state index is 2.51. The van der Waals surface area contributed by atoms with Crippen LogP contribution in [0.15, 0.2) is 108 Å². The number of nitrogens with zero attached hydrogens (tertiary/aromatic N) is 2. The van der Waals surface area contributed by atoms with Crippen LogP contribution in [0.1, 0.15) is 63.1 Å². The molecule has 0 spiro atoms. The van der Waals surface area contributed by atoms with Crippen LogP contribution in [-0.2, 0) is 12.8 Å². The van der Waals surface area contributed by atoms with Crippen LogP contribution in [0.3, 0.4) is 0 Å². The molecule has 2 aliphatic rings. The topological polar surface area (TPSA) is 9.86 Å². The molecule has 0 amide bonds. The first-order valence-electron chi connectivity index (χ1n) is 15.7. The fraction of sp³-hybridized carbons (Fsp3) is 0.220. The summed E-state index contributed by atoms with van der Waals surface area (Å²) in [7, 11) is 0. The van der Waals surface area contributed by atoms with E-state index in [2.05, 4.69) is 146 Å². The minimum absolute atomic E-state index is 0.186. The van der Waals surface area contributed by atoms with Gasteiger partial charge in [-0.25, -0.2) is 0 Å². The molecule has 4 aromatic carbocycles. The lowest BCUT2D eigenvalue weighted by atomic mass is 9.79. The van der Waals surface area contributed by atoms with E-state index in [1.54, 1.807) is 5.57 Å². The highest BCUT2D eigenvalue weighted by atomic mass is 15.0. The lowest BCUT2D eigenvalue weighted by molar-refractivity contribution is 0.483. The third-order valence-electron chi connectivity index (χ3n) is 9.63. The molecule has 212 valence electrons. The predicted octanol–water partition coefficient (Wildman–Crippen LogP) is 11.0. The van der Waals surface area contributed by atoms with Crippen LogP contribution in [0.5, 0.6) is 0 Å². The molecule has 2 aliphatic carbocycles. The van der Waals surface area contributed by atoms with E-state index in [4.69, 9.17) is 0 Å². The molecule has 2 heteroatoms. The van der Waals surface area contributed by atoms with Gasteiger partial charge in [0.1, 0.15) is 0 Å². The van der Waals surface area contributed by atoms with Crippen molar-refractivity contribution in [3.8, 4) is 22.5 Å². The van der Waals surface area contributed by atoms with Crippen LogP contribution in [-0.4, -0.2) is 9.13 Å². The lowest BCUT2D eigenvalue weighted by Gasteiger charge is -2.27. The molecule has 0 atom stereocenters. The Balaban J connectivity index is 1.26. The van der Waals surface area contributed by atoms with Crippen LogP contribution in [0.25, 0.3) is 56.5 Å². The van der Waals surface area contributed by atoms with Crippen molar-refractivity contribution in [1.29, 1.82) is 0 Å². The Morgan fingerprint density at radius 2 is 1.05 bits per heavy atom. The van der Waals surface area contributed by atoms with Crippen LogP contribution in [0, 0.1) is 5.41 Å². The summed E-state index contributed by atoms with van der Waals surface area (Å²) in [4.78, 5) is 0. The largest absolute Gasteiger partial charge is 0.313 e. The lowest BCUT2D eigenvalue weighted by Crippen LogP contribution is -2.14. The minimum atomic E-state index is 0.186. The first kappa shape index (κ1) is 26.1. The number of benzene rings is 4. The van der Waals surface area contributed by atoms with Gasteiger partial charge in [-0.05, 0) is 85.5 Å². The van der Waals surface area contributed by atoms with Crippen molar-refractivity contribution in [3.05, 3.63) is 131 Å². The number of aromatic nitrogens is 2. The molecule has 2 heterocycles. The maximum atomic E-state index is 2.51. The standard InChI is InChI=1S/C41H38N2/c1-27-19-21-39-35(23-27)33-15-5-7-17-37(33)42(39)31-13-9-11-28(24-31)29-12-10-14-32(25-29)43-38-18-8-6-16-34(38)36-26-30(41(2,3)4)20-22-40(36)43/h5-18,23-26H,19-22H2,1-4H3. The van der Waals surface area contributed by atoms with E-state index in [9.17, 15) is 0 Å². The van der Waals surface area contributed by atoms with Crippen molar-refractivity contribution in [2.24, 2.45) is 5.41 Å². The number of para-hydroxylation sites is 2. The van der Waals surface area contributed by atoms with Gasteiger partial charge in [-0.1, -0.05) is 105 Å². The highest BCUT2D eigenvalue weighted by Gasteiger charge is 2.26. The predicted molar refractivity (Wildman–Crippen MR) is 183 cm³/mol. The van der Waals surface area contributed by atoms with Gasteiger partial charge in [-0.3, -0.25) is 0 Å². The average Bonchev–Trinajstić information content (AvgIpc) is 3.53. The summed E-state index contributed by atoms with van der Waals surface area (Å²) in [6, 6.07) is 36.0. The second-order valence-electron chi connectivity index (χ2n) is 13.4. The Labute approximate surface area is 254 Å². The summed E-state index contributed by atoms with van der Waals surface area (Å²) >= 11 is 0. The normalized spacial score (nSPS) is 14.9. The van der Waals surface area contributed by atoms with E-state index in [0.29, 0.717) is 0 Å². The summed E-state index contributed by atoms with van der Waals surface area (Å²) in [5.74, 6) is 0. The number of hydrogen-bond acceptors (Lipinski definition) is 0. The molecule has 2 aromatic heterocycles. The van der Waals surface area contributed by atoms with E-state index in [-0.39, 0.29) is 5.41 Å². The summed E-state index contributed by atoms with van der Waals surface area (Å²) in [6.07, 6.45) is 9.23. The van der Waals surface area contributed by atoms with Gasteiger partial charge in [0.05, 0.1) is 11.0 Å². The Morgan fingerprint density at radius 3 is 1.60 bits per heavy atom. The molecule has 2 nitrogen and oxygen atoms in total. The number of fused-ring (bicyclic) bond motifs is 6. The number of rotatable bonds is 3. The highest BCUT2D eigenvalue weighted by Crippen LogP contribution is 2.41. The molecule has 0 fully saturated rings. The molecule has 8 rings (SSSR count). The van der Waals surface area contributed by atoms with Gasteiger partial charge in [-0.2, -0.15) is 0 Å². The fourth-order valence-electron chi connectivity index (χ4n) is 7.41. The Bertz CT molecular complexity index is 2120.